The summed E-state index contributed by atoms with van der Waals surface area (Å²) in [5.41, 5.74) is 0.837. The fourth-order valence-electron chi connectivity index (χ4n) is 2.77. The molecule has 0 aliphatic rings. The molecule has 0 N–H and O–H groups in total. The van der Waals surface area contributed by atoms with Gasteiger partial charge in [-0.25, -0.2) is 13.8 Å². The van der Waals surface area contributed by atoms with Crippen LogP contribution in [0.25, 0.3) is 20.3 Å². The SMILES string of the molecule is CCc1nc(OCC(=O)c2ccc(F)cc2)c2sc3cccc(F)c3c2n1. The van der Waals surface area contributed by atoms with Gasteiger partial charge in [0.15, 0.2) is 12.4 Å². The van der Waals surface area contributed by atoms with E-state index in [-0.39, 0.29) is 24.1 Å². The van der Waals surface area contributed by atoms with Gasteiger partial charge in [-0.15, -0.1) is 11.3 Å². The van der Waals surface area contributed by atoms with E-state index in [1.807, 2.05) is 13.0 Å². The predicted octanol–water partition coefficient (Wildman–Crippen LogP) is 4.95. The highest BCUT2D eigenvalue weighted by molar-refractivity contribution is 7.26. The number of aryl methyl sites for hydroxylation is 1. The quantitative estimate of drug-likeness (QED) is 0.457. The lowest BCUT2D eigenvalue weighted by Crippen LogP contribution is -2.13. The molecule has 0 saturated heterocycles. The molecule has 4 rings (SSSR count). The van der Waals surface area contributed by atoms with Crippen molar-refractivity contribution >= 4 is 37.4 Å². The van der Waals surface area contributed by atoms with Gasteiger partial charge in [0.05, 0.1) is 10.9 Å². The Kier molecular flexibility index (Phi) is 4.53. The highest BCUT2D eigenvalue weighted by Crippen LogP contribution is 2.38. The standard InChI is InChI=1S/C20H14F2N2O2S/c1-2-16-23-18-17-13(22)4-3-5-15(17)27-19(18)20(24-16)26-10-14(25)11-6-8-12(21)9-7-11/h3-9H,2,10H2,1H3. The molecule has 0 radical (unpaired) electrons. The molecule has 0 spiro atoms. The molecule has 2 aromatic carbocycles. The Morgan fingerprint density at radius 2 is 1.89 bits per heavy atom. The molecule has 0 fully saturated rings. The highest BCUT2D eigenvalue weighted by Gasteiger charge is 2.18. The van der Waals surface area contributed by atoms with Gasteiger partial charge in [-0.2, -0.15) is 4.98 Å². The summed E-state index contributed by atoms with van der Waals surface area (Å²) in [5.74, 6) is -0.299. The average Bonchev–Trinajstić information content (AvgIpc) is 3.06. The molecule has 0 saturated carbocycles. The number of fused-ring (bicyclic) bond motifs is 3. The molecule has 0 atom stereocenters. The first-order valence-corrected chi connectivity index (χ1v) is 9.17. The molecule has 0 aliphatic carbocycles. The van der Waals surface area contributed by atoms with Crippen LogP contribution in [-0.4, -0.2) is 22.4 Å². The minimum atomic E-state index is -0.412. The molecule has 0 aliphatic heterocycles. The van der Waals surface area contributed by atoms with Gasteiger partial charge in [0.1, 0.15) is 22.2 Å². The van der Waals surface area contributed by atoms with Gasteiger partial charge in [-0.05, 0) is 36.4 Å². The molecule has 27 heavy (non-hydrogen) atoms. The topological polar surface area (TPSA) is 52.1 Å². The van der Waals surface area contributed by atoms with Crippen LogP contribution in [0.1, 0.15) is 23.1 Å². The maximum absolute atomic E-state index is 14.3. The van der Waals surface area contributed by atoms with Crippen molar-refractivity contribution < 1.29 is 18.3 Å². The van der Waals surface area contributed by atoms with Crippen LogP contribution in [0.4, 0.5) is 8.78 Å². The predicted molar refractivity (Wildman–Crippen MR) is 100 cm³/mol. The summed E-state index contributed by atoms with van der Waals surface area (Å²) in [4.78, 5) is 21.1. The van der Waals surface area contributed by atoms with E-state index in [1.165, 1.54) is 41.7 Å². The van der Waals surface area contributed by atoms with Crippen molar-refractivity contribution in [2.75, 3.05) is 6.61 Å². The zero-order chi connectivity index (χ0) is 19.0. The van der Waals surface area contributed by atoms with E-state index in [0.717, 1.165) is 4.70 Å². The number of hydrogen-bond donors (Lipinski definition) is 0. The summed E-state index contributed by atoms with van der Waals surface area (Å²) in [6.45, 7) is 1.64. The van der Waals surface area contributed by atoms with Gasteiger partial charge in [0, 0.05) is 16.7 Å². The normalized spacial score (nSPS) is 11.2. The zero-order valence-corrected chi connectivity index (χ0v) is 15.1. The lowest BCUT2D eigenvalue weighted by atomic mass is 10.1. The second-order valence-electron chi connectivity index (χ2n) is 5.91. The largest absolute Gasteiger partial charge is 0.468 e. The molecular formula is C20H14F2N2O2S. The second kappa shape index (κ2) is 7.00. The summed E-state index contributed by atoms with van der Waals surface area (Å²) < 4.78 is 34.3. The average molecular weight is 384 g/mol. The monoisotopic (exact) mass is 384 g/mol. The number of thiophene rings is 1. The van der Waals surface area contributed by atoms with Crippen LogP contribution >= 0.6 is 11.3 Å². The lowest BCUT2D eigenvalue weighted by Gasteiger charge is -2.07. The van der Waals surface area contributed by atoms with Crippen LogP contribution in [0.3, 0.4) is 0 Å². The van der Waals surface area contributed by atoms with Crippen molar-refractivity contribution in [3.05, 3.63) is 65.5 Å². The number of hydrogen-bond acceptors (Lipinski definition) is 5. The van der Waals surface area contributed by atoms with E-state index in [4.69, 9.17) is 4.74 Å². The summed E-state index contributed by atoms with van der Waals surface area (Å²) in [6, 6.07) is 10.1. The Labute approximate surface area is 157 Å². The van der Waals surface area contributed by atoms with Crippen LogP contribution in [0.5, 0.6) is 5.88 Å². The summed E-state index contributed by atoms with van der Waals surface area (Å²) >= 11 is 1.32. The molecule has 4 aromatic rings. The van der Waals surface area contributed by atoms with Crippen molar-refractivity contribution in [2.45, 2.75) is 13.3 Å². The zero-order valence-electron chi connectivity index (χ0n) is 14.3. The van der Waals surface area contributed by atoms with Crippen LogP contribution in [0, 0.1) is 11.6 Å². The molecule has 4 nitrogen and oxygen atoms in total. The van der Waals surface area contributed by atoms with Crippen molar-refractivity contribution in [2.24, 2.45) is 0 Å². The number of ketones is 1. The van der Waals surface area contributed by atoms with Crippen molar-refractivity contribution in [3.8, 4) is 5.88 Å². The van der Waals surface area contributed by atoms with E-state index in [2.05, 4.69) is 9.97 Å². The third-order valence-electron chi connectivity index (χ3n) is 4.13. The number of aromatic nitrogens is 2. The van der Waals surface area contributed by atoms with Gasteiger partial charge < -0.3 is 4.74 Å². The number of rotatable bonds is 5. The number of benzene rings is 2. The third kappa shape index (κ3) is 3.26. The Bertz CT molecular complexity index is 1160. The molecular weight excluding hydrogens is 370 g/mol. The summed E-state index contributed by atoms with van der Waals surface area (Å²) in [5, 5.41) is 0.435. The maximum atomic E-state index is 14.3. The summed E-state index contributed by atoms with van der Waals surface area (Å²) in [7, 11) is 0. The number of ether oxygens (including phenoxy) is 1. The minimum Gasteiger partial charge on any atom is -0.468 e. The molecule has 0 amide bonds. The first-order chi connectivity index (χ1) is 13.1. The molecule has 2 aromatic heterocycles. The van der Waals surface area contributed by atoms with E-state index >= 15 is 0 Å². The first-order valence-electron chi connectivity index (χ1n) is 8.36. The Morgan fingerprint density at radius 3 is 2.63 bits per heavy atom. The Morgan fingerprint density at radius 1 is 1.11 bits per heavy atom. The van der Waals surface area contributed by atoms with Gasteiger partial charge in [0.2, 0.25) is 5.88 Å². The number of carbonyl (C=O) groups is 1. The molecule has 0 bridgehead atoms. The second-order valence-corrected chi connectivity index (χ2v) is 6.96. The fraction of sp³-hybridized carbons (Fsp3) is 0.150. The lowest BCUT2D eigenvalue weighted by molar-refractivity contribution is 0.0919. The van der Waals surface area contributed by atoms with E-state index in [0.29, 0.717) is 33.4 Å². The summed E-state index contributed by atoms with van der Waals surface area (Å²) in [6.07, 6.45) is 0.546. The smallest absolute Gasteiger partial charge is 0.235 e. The highest BCUT2D eigenvalue weighted by atomic mass is 32.1. The van der Waals surface area contributed by atoms with Gasteiger partial charge >= 0.3 is 0 Å². The third-order valence-corrected chi connectivity index (χ3v) is 5.26. The van der Waals surface area contributed by atoms with E-state index < -0.39 is 5.82 Å². The number of nitrogens with zero attached hydrogens (tertiary/aromatic N) is 2. The molecule has 0 unspecified atom stereocenters. The molecule has 136 valence electrons. The maximum Gasteiger partial charge on any atom is 0.235 e. The van der Waals surface area contributed by atoms with Crippen molar-refractivity contribution in [3.63, 3.8) is 0 Å². The number of carbonyl (C=O) groups excluding carboxylic acids is 1. The van der Waals surface area contributed by atoms with E-state index in [1.54, 1.807) is 6.07 Å². The Hall–Kier alpha value is -2.93. The molecule has 7 heteroatoms. The van der Waals surface area contributed by atoms with Crippen LogP contribution in [-0.2, 0) is 6.42 Å². The minimum absolute atomic E-state index is 0.252. The van der Waals surface area contributed by atoms with Crippen molar-refractivity contribution in [1.29, 1.82) is 0 Å². The van der Waals surface area contributed by atoms with Crippen molar-refractivity contribution in [1.82, 2.24) is 9.97 Å². The fourth-order valence-corrected chi connectivity index (χ4v) is 3.87. The van der Waals surface area contributed by atoms with Gasteiger partial charge in [-0.3, -0.25) is 4.79 Å². The Balaban J connectivity index is 1.72. The van der Waals surface area contributed by atoms with Crippen LogP contribution in [0.2, 0.25) is 0 Å². The first kappa shape index (κ1) is 17.5. The molecule has 2 heterocycles. The van der Waals surface area contributed by atoms with Crippen LogP contribution < -0.4 is 4.74 Å². The van der Waals surface area contributed by atoms with E-state index in [9.17, 15) is 13.6 Å². The van der Waals surface area contributed by atoms with Gasteiger partial charge in [-0.1, -0.05) is 13.0 Å². The number of Topliss-reactive ketones (excluding diaryl/α,β-unsaturated/α-hetero) is 1. The van der Waals surface area contributed by atoms with Crippen LogP contribution in [0.15, 0.2) is 42.5 Å². The number of halogens is 2. The van der Waals surface area contributed by atoms with Gasteiger partial charge in [0.25, 0.3) is 0 Å².